The smallest absolute Gasteiger partial charge is 0.411 e. The van der Waals surface area contributed by atoms with Crippen molar-refractivity contribution in [3.8, 4) is 0 Å². The van der Waals surface area contributed by atoms with E-state index in [1.807, 2.05) is 30.3 Å². The van der Waals surface area contributed by atoms with E-state index in [1.165, 1.54) is 4.90 Å². The summed E-state index contributed by atoms with van der Waals surface area (Å²) in [6, 6.07) is 9.09. The Labute approximate surface area is 159 Å². The highest BCUT2D eigenvalue weighted by Crippen LogP contribution is 2.31. The summed E-state index contributed by atoms with van der Waals surface area (Å²) in [6.45, 7) is 6.32. The Morgan fingerprint density at radius 2 is 1.85 bits per heavy atom. The summed E-state index contributed by atoms with van der Waals surface area (Å²) in [4.78, 5) is 40.2. The first-order valence-corrected chi connectivity index (χ1v) is 9.22. The quantitative estimate of drug-likeness (QED) is 0.796. The molecule has 2 amide bonds. The minimum absolute atomic E-state index is 0.0307. The van der Waals surface area contributed by atoms with E-state index in [4.69, 9.17) is 9.47 Å². The van der Waals surface area contributed by atoms with E-state index in [1.54, 1.807) is 25.7 Å². The average Bonchev–Trinajstić information content (AvgIpc) is 2.95. The van der Waals surface area contributed by atoms with Gasteiger partial charge >= 0.3 is 12.2 Å². The van der Waals surface area contributed by atoms with Crippen molar-refractivity contribution in [2.24, 2.45) is 5.92 Å². The highest BCUT2D eigenvalue weighted by Gasteiger charge is 2.48. The van der Waals surface area contributed by atoms with Crippen LogP contribution in [0, 0.1) is 5.92 Å². The Balaban J connectivity index is 1.62. The molecule has 2 aliphatic heterocycles. The second-order valence-corrected chi connectivity index (χ2v) is 8.02. The predicted octanol–water partition coefficient (Wildman–Crippen LogP) is 2.83. The summed E-state index contributed by atoms with van der Waals surface area (Å²) in [5.74, 6) is -0.209. The molecule has 1 aromatic carbocycles. The van der Waals surface area contributed by atoms with Crippen molar-refractivity contribution >= 4 is 18.0 Å². The van der Waals surface area contributed by atoms with Crippen LogP contribution in [0.1, 0.15) is 32.8 Å². The summed E-state index contributed by atoms with van der Waals surface area (Å²) in [6.07, 6.45) is -0.410. The summed E-state index contributed by atoms with van der Waals surface area (Å²) >= 11 is 0. The third-order valence-corrected chi connectivity index (χ3v) is 4.81. The maximum Gasteiger partial charge on any atom is 0.411 e. The molecule has 1 aromatic rings. The number of rotatable bonds is 2. The fourth-order valence-electron chi connectivity index (χ4n) is 3.52. The lowest BCUT2D eigenvalue weighted by Crippen LogP contribution is -2.52. The van der Waals surface area contributed by atoms with Crippen LogP contribution in [0.2, 0.25) is 0 Å². The maximum absolute atomic E-state index is 12.5. The number of carbonyl (C=O) groups is 3. The molecule has 2 atom stereocenters. The predicted molar refractivity (Wildman–Crippen MR) is 98.0 cm³/mol. The van der Waals surface area contributed by atoms with Crippen molar-refractivity contribution in [1.29, 1.82) is 0 Å². The fourth-order valence-corrected chi connectivity index (χ4v) is 3.52. The molecule has 2 aliphatic rings. The van der Waals surface area contributed by atoms with Crippen LogP contribution in [-0.4, -0.2) is 59.0 Å². The van der Waals surface area contributed by atoms with Crippen LogP contribution in [0.3, 0.4) is 0 Å². The Bertz CT molecular complexity index is 713. The van der Waals surface area contributed by atoms with Crippen LogP contribution < -0.4 is 0 Å². The number of benzene rings is 1. The number of fused-ring (bicyclic) bond motifs is 1. The number of ether oxygens (including phenoxy) is 2. The molecule has 0 N–H and O–H groups in total. The van der Waals surface area contributed by atoms with Crippen molar-refractivity contribution < 1.29 is 23.9 Å². The third kappa shape index (κ3) is 4.59. The normalized spacial score (nSPS) is 22.4. The lowest BCUT2D eigenvalue weighted by molar-refractivity contribution is -0.120. The van der Waals surface area contributed by atoms with E-state index >= 15 is 0 Å². The molecule has 0 aliphatic carbocycles. The molecule has 0 aromatic heterocycles. The van der Waals surface area contributed by atoms with E-state index in [0.29, 0.717) is 13.0 Å². The Hall–Kier alpha value is -2.57. The Morgan fingerprint density at radius 3 is 2.52 bits per heavy atom. The van der Waals surface area contributed by atoms with Gasteiger partial charge in [-0.3, -0.25) is 9.69 Å². The van der Waals surface area contributed by atoms with E-state index in [0.717, 1.165) is 5.56 Å². The number of amides is 2. The zero-order chi connectivity index (χ0) is 19.6. The van der Waals surface area contributed by atoms with E-state index in [9.17, 15) is 14.4 Å². The molecule has 3 rings (SSSR count). The molecule has 0 unspecified atom stereocenters. The number of ketones is 1. The van der Waals surface area contributed by atoms with Gasteiger partial charge in [-0.25, -0.2) is 9.59 Å². The highest BCUT2D eigenvalue weighted by atomic mass is 16.6. The number of piperidine rings is 1. The summed E-state index contributed by atoms with van der Waals surface area (Å²) < 4.78 is 10.8. The van der Waals surface area contributed by atoms with Gasteiger partial charge in [0.25, 0.3) is 0 Å². The first kappa shape index (κ1) is 19.2. The molecule has 146 valence electrons. The van der Waals surface area contributed by atoms with Crippen LogP contribution >= 0.6 is 0 Å². The van der Waals surface area contributed by atoms with Crippen molar-refractivity contribution in [2.75, 3.05) is 19.6 Å². The summed E-state index contributed by atoms with van der Waals surface area (Å²) in [5.41, 5.74) is 0.272. The molecule has 0 spiro atoms. The van der Waals surface area contributed by atoms with Gasteiger partial charge in [-0.15, -0.1) is 0 Å². The van der Waals surface area contributed by atoms with Gasteiger partial charge in [-0.2, -0.15) is 0 Å². The number of nitrogens with zero attached hydrogens (tertiary/aromatic N) is 2. The van der Waals surface area contributed by atoms with Crippen molar-refractivity contribution in [3.05, 3.63) is 35.9 Å². The molecule has 2 fully saturated rings. The average molecular weight is 374 g/mol. The molecule has 0 saturated carbocycles. The minimum atomic E-state index is -0.638. The fraction of sp³-hybridized carbons (Fsp3) is 0.550. The van der Waals surface area contributed by atoms with Crippen LogP contribution in [0.15, 0.2) is 30.3 Å². The van der Waals surface area contributed by atoms with Gasteiger partial charge in [0, 0.05) is 19.0 Å². The van der Waals surface area contributed by atoms with Crippen molar-refractivity contribution in [3.63, 3.8) is 0 Å². The molecule has 2 heterocycles. The molecular formula is C20H26N2O5. The molecule has 0 radical (unpaired) electrons. The van der Waals surface area contributed by atoms with Crippen LogP contribution in [-0.2, 0) is 20.9 Å². The largest absolute Gasteiger partial charge is 0.445 e. The number of hydrogen-bond acceptors (Lipinski definition) is 5. The van der Waals surface area contributed by atoms with Gasteiger partial charge in [-0.1, -0.05) is 30.3 Å². The van der Waals surface area contributed by atoms with Crippen LogP contribution in [0.5, 0.6) is 0 Å². The molecular weight excluding hydrogens is 348 g/mol. The second-order valence-electron chi connectivity index (χ2n) is 8.02. The molecule has 7 heteroatoms. The Kier molecular flexibility index (Phi) is 5.39. The number of hydrogen-bond donors (Lipinski definition) is 0. The summed E-state index contributed by atoms with van der Waals surface area (Å²) in [5, 5.41) is 0. The summed E-state index contributed by atoms with van der Waals surface area (Å²) in [7, 11) is 0. The standard InChI is InChI=1S/C20H26N2O5/c1-20(2,3)27-19(25)22-12-17(23)15-9-10-21(11-16(15)22)18(24)26-13-14-7-5-4-6-8-14/h4-8,15-16H,9-13H2,1-3H3/t15-,16+/m0/s1. The highest BCUT2D eigenvalue weighted by molar-refractivity contribution is 5.90. The van der Waals surface area contributed by atoms with Gasteiger partial charge in [0.1, 0.15) is 12.2 Å². The number of Topliss-reactive ketones (excluding diaryl/α,β-unsaturated/α-hetero) is 1. The SMILES string of the molecule is CC(C)(C)OC(=O)N1CC(=O)[C@H]2CCN(C(=O)OCc3ccccc3)C[C@H]21. The van der Waals surface area contributed by atoms with E-state index in [2.05, 4.69) is 0 Å². The van der Waals surface area contributed by atoms with Crippen LogP contribution in [0.4, 0.5) is 9.59 Å². The molecule has 7 nitrogen and oxygen atoms in total. The van der Waals surface area contributed by atoms with E-state index < -0.39 is 17.8 Å². The van der Waals surface area contributed by atoms with Gasteiger partial charge in [0.2, 0.25) is 0 Å². The zero-order valence-corrected chi connectivity index (χ0v) is 16.0. The van der Waals surface area contributed by atoms with Crippen molar-refractivity contribution in [1.82, 2.24) is 9.80 Å². The third-order valence-electron chi connectivity index (χ3n) is 4.81. The van der Waals surface area contributed by atoms with Crippen molar-refractivity contribution in [2.45, 2.75) is 45.4 Å². The lowest BCUT2D eigenvalue weighted by atomic mass is 9.91. The second kappa shape index (κ2) is 7.58. The first-order chi connectivity index (χ1) is 12.7. The zero-order valence-electron chi connectivity index (χ0n) is 16.0. The Morgan fingerprint density at radius 1 is 1.15 bits per heavy atom. The monoisotopic (exact) mass is 374 g/mol. The van der Waals surface area contributed by atoms with Gasteiger partial charge in [0.15, 0.2) is 5.78 Å². The molecule has 0 bridgehead atoms. The minimum Gasteiger partial charge on any atom is -0.445 e. The number of carbonyl (C=O) groups excluding carboxylic acids is 3. The van der Waals surface area contributed by atoms with Gasteiger partial charge in [-0.05, 0) is 32.8 Å². The topological polar surface area (TPSA) is 76.2 Å². The van der Waals surface area contributed by atoms with E-state index in [-0.39, 0.29) is 37.4 Å². The van der Waals surface area contributed by atoms with Crippen LogP contribution in [0.25, 0.3) is 0 Å². The first-order valence-electron chi connectivity index (χ1n) is 9.22. The lowest BCUT2D eigenvalue weighted by Gasteiger charge is -2.37. The molecule has 2 saturated heterocycles. The van der Waals surface area contributed by atoms with Gasteiger partial charge in [0.05, 0.1) is 12.6 Å². The van der Waals surface area contributed by atoms with Gasteiger partial charge < -0.3 is 14.4 Å². The molecule has 27 heavy (non-hydrogen) atoms. The maximum atomic E-state index is 12.5. The number of likely N-dealkylation sites (tertiary alicyclic amines) is 2.